The number of amides is 1. The van der Waals surface area contributed by atoms with Gasteiger partial charge in [0.2, 0.25) is 0 Å². The zero-order valence-electron chi connectivity index (χ0n) is 19.5. The van der Waals surface area contributed by atoms with Crippen molar-refractivity contribution in [2.45, 2.75) is 29.5 Å². The summed E-state index contributed by atoms with van der Waals surface area (Å²) in [6.07, 6.45) is 0.467. The van der Waals surface area contributed by atoms with Gasteiger partial charge in [-0.25, -0.2) is 9.97 Å². The highest BCUT2D eigenvalue weighted by atomic mass is 127. The molecule has 4 aromatic rings. The topological polar surface area (TPSA) is 62.5 Å². The number of likely N-dealkylation sites (tertiary alicyclic amines) is 1. The Labute approximate surface area is 233 Å². The molecule has 0 spiro atoms. The summed E-state index contributed by atoms with van der Waals surface area (Å²) in [7, 11) is 0. The Morgan fingerprint density at radius 2 is 1.89 bits per heavy atom. The van der Waals surface area contributed by atoms with Crippen molar-refractivity contribution in [3.05, 3.63) is 82.2 Å². The fourth-order valence-electron chi connectivity index (χ4n) is 4.50. The number of piperidine rings is 1. The molecule has 1 saturated heterocycles. The molecule has 37 heavy (non-hydrogen) atoms. The molecule has 5 rings (SSSR count). The number of carbonyl (C=O) groups excluding carboxylic acids is 1. The number of hydrogen-bond acceptors (Lipinski definition) is 4. The molecule has 11 heteroatoms. The number of alkyl halides is 4. The second kappa shape index (κ2) is 10.6. The molecular formula is C26H22BrF3IN5O. The number of nitrogens with one attached hydrogen (secondary N) is 1. The molecule has 0 saturated carbocycles. The quantitative estimate of drug-likeness (QED) is 0.185. The minimum atomic E-state index is -4.49. The summed E-state index contributed by atoms with van der Waals surface area (Å²) >= 11 is 5.90. The van der Waals surface area contributed by atoms with Gasteiger partial charge in [0.25, 0.3) is 5.91 Å². The number of fused-ring (bicyclic) bond motifs is 1. The molecule has 1 amide bonds. The number of imidazole rings is 1. The van der Waals surface area contributed by atoms with E-state index in [2.05, 4.69) is 61.0 Å². The van der Waals surface area contributed by atoms with E-state index in [4.69, 9.17) is 4.98 Å². The molecule has 6 nitrogen and oxygen atoms in total. The third kappa shape index (κ3) is 5.47. The molecule has 0 radical (unpaired) electrons. The fourth-order valence-corrected chi connectivity index (χ4v) is 5.54. The van der Waals surface area contributed by atoms with E-state index in [9.17, 15) is 18.0 Å². The van der Waals surface area contributed by atoms with Crippen LogP contribution in [0.1, 0.15) is 34.3 Å². The van der Waals surface area contributed by atoms with E-state index in [1.54, 1.807) is 11.1 Å². The monoisotopic (exact) mass is 683 g/mol. The first-order chi connectivity index (χ1) is 17.7. The molecule has 0 unspecified atom stereocenters. The molecule has 0 aliphatic carbocycles. The standard InChI is InChI=1S/C26H22BrF3IN5O/c27-22-14-32-24-23(34-21(15-36(22)24)20-7-2-1-4-17(20)13-31)33-19-8-10-35(11-9-19)25(37)16-5-3-6-18(12-16)26(28,29)30/h1-7,12,14-15,19H,8-11,13H2,(H,33,34). The zero-order chi connectivity index (χ0) is 26.2. The highest BCUT2D eigenvalue weighted by Crippen LogP contribution is 2.31. The lowest BCUT2D eigenvalue weighted by Gasteiger charge is -2.33. The van der Waals surface area contributed by atoms with Gasteiger partial charge in [0.15, 0.2) is 11.5 Å². The molecule has 3 heterocycles. The van der Waals surface area contributed by atoms with Crippen LogP contribution in [0.4, 0.5) is 19.0 Å². The van der Waals surface area contributed by atoms with Crippen molar-refractivity contribution >= 4 is 55.9 Å². The molecule has 1 aliphatic heterocycles. The van der Waals surface area contributed by atoms with Crippen molar-refractivity contribution in [2.75, 3.05) is 18.4 Å². The van der Waals surface area contributed by atoms with Crippen molar-refractivity contribution in [3.63, 3.8) is 0 Å². The van der Waals surface area contributed by atoms with Crippen LogP contribution in [-0.4, -0.2) is 44.3 Å². The number of halogens is 5. The smallest absolute Gasteiger partial charge is 0.364 e. The van der Waals surface area contributed by atoms with Crippen molar-refractivity contribution in [1.82, 2.24) is 19.3 Å². The molecule has 0 atom stereocenters. The molecule has 1 fully saturated rings. The van der Waals surface area contributed by atoms with Crippen LogP contribution in [0.5, 0.6) is 0 Å². The van der Waals surface area contributed by atoms with Crippen LogP contribution >= 0.6 is 38.5 Å². The average molecular weight is 684 g/mol. The summed E-state index contributed by atoms with van der Waals surface area (Å²) in [5.74, 6) is 0.258. The molecule has 0 bridgehead atoms. The summed E-state index contributed by atoms with van der Waals surface area (Å²) < 4.78 is 42.8. The number of hydrogen-bond donors (Lipinski definition) is 1. The fraction of sp³-hybridized carbons (Fsp3) is 0.269. The van der Waals surface area contributed by atoms with Gasteiger partial charge in [-0.05, 0) is 52.5 Å². The van der Waals surface area contributed by atoms with E-state index in [0.717, 1.165) is 32.4 Å². The molecule has 1 N–H and O–H groups in total. The van der Waals surface area contributed by atoms with E-state index in [0.29, 0.717) is 37.4 Å². The number of rotatable bonds is 5. The Morgan fingerprint density at radius 3 is 2.62 bits per heavy atom. The lowest BCUT2D eigenvalue weighted by molar-refractivity contribution is -0.137. The Morgan fingerprint density at radius 1 is 1.14 bits per heavy atom. The Hall–Kier alpha value is -2.67. The lowest BCUT2D eigenvalue weighted by atomic mass is 10.0. The predicted molar refractivity (Wildman–Crippen MR) is 148 cm³/mol. The number of nitrogens with zero attached hydrogens (tertiary/aromatic N) is 4. The third-order valence-electron chi connectivity index (χ3n) is 6.44. The normalized spacial score (nSPS) is 14.8. The van der Waals surface area contributed by atoms with E-state index in [1.165, 1.54) is 17.7 Å². The number of anilines is 1. The maximum Gasteiger partial charge on any atom is 0.416 e. The van der Waals surface area contributed by atoms with Gasteiger partial charge in [-0.3, -0.25) is 9.20 Å². The Balaban J connectivity index is 1.34. The summed E-state index contributed by atoms with van der Waals surface area (Å²) in [5.41, 5.74) is 2.96. The van der Waals surface area contributed by atoms with Crippen LogP contribution in [0.2, 0.25) is 0 Å². The van der Waals surface area contributed by atoms with E-state index in [-0.39, 0.29) is 17.5 Å². The van der Waals surface area contributed by atoms with Gasteiger partial charge < -0.3 is 10.2 Å². The van der Waals surface area contributed by atoms with E-state index in [1.807, 2.05) is 22.7 Å². The summed E-state index contributed by atoms with van der Waals surface area (Å²) in [5, 5.41) is 3.51. The molecule has 2 aromatic carbocycles. The van der Waals surface area contributed by atoms with Crippen LogP contribution in [0.15, 0.2) is 65.5 Å². The van der Waals surface area contributed by atoms with Gasteiger partial charge in [-0.2, -0.15) is 13.2 Å². The second-order valence-electron chi connectivity index (χ2n) is 8.83. The van der Waals surface area contributed by atoms with Crippen molar-refractivity contribution in [3.8, 4) is 11.3 Å². The first-order valence-electron chi connectivity index (χ1n) is 11.7. The van der Waals surface area contributed by atoms with Gasteiger partial charge in [0, 0.05) is 40.9 Å². The molecule has 1 aliphatic rings. The predicted octanol–water partition coefficient (Wildman–Crippen LogP) is 6.83. The highest BCUT2D eigenvalue weighted by molar-refractivity contribution is 14.1. The van der Waals surface area contributed by atoms with Gasteiger partial charge in [0.05, 0.1) is 17.5 Å². The van der Waals surface area contributed by atoms with E-state index >= 15 is 0 Å². The highest BCUT2D eigenvalue weighted by Gasteiger charge is 2.32. The molecule has 2 aromatic heterocycles. The van der Waals surface area contributed by atoms with Gasteiger partial charge in [0.1, 0.15) is 4.60 Å². The van der Waals surface area contributed by atoms with Gasteiger partial charge in [-0.1, -0.05) is 52.9 Å². The summed E-state index contributed by atoms with van der Waals surface area (Å²) in [4.78, 5) is 23.9. The van der Waals surface area contributed by atoms with E-state index < -0.39 is 11.7 Å². The average Bonchev–Trinajstić information content (AvgIpc) is 3.29. The molecule has 192 valence electrons. The Bertz CT molecular complexity index is 1450. The minimum absolute atomic E-state index is 0.0346. The van der Waals surface area contributed by atoms with Gasteiger partial charge in [-0.15, -0.1) is 0 Å². The van der Waals surface area contributed by atoms with Crippen LogP contribution in [0.3, 0.4) is 0 Å². The lowest BCUT2D eigenvalue weighted by Crippen LogP contribution is -2.42. The summed E-state index contributed by atoms with van der Waals surface area (Å²) in [6.45, 7) is 0.858. The van der Waals surface area contributed by atoms with Crippen LogP contribution in [0.25, 0.3) is 16.9 Å². The zero-order valence-corrected chi connectivity index (χ0v) is 23.2. The van der Waals surface area contributed by atoms with Crippen molar-refractivity contribution in [1.29, 1.82) is 0 Å². The van der Waals surface area contributed by atoms with Crippen molar-refractivity contribution in [2.24, 2.45) is 0 Å². The first kappa shape index (κ1) is 26.0. The van der Waals surface area contributed by atoms with Crippen molar-refractivity contribution < 1.29 is 18.0 Å². The first-order valence-corrected chi connectivity index (χ1v) is 14.0. The largest absolute Gasteiger partial charge is 0.416 e. The summed E-state index contributed by atoms with van der Waals surface area (Å²) in [6, 6.07) is 12.8. The number of aromatic nitrogens is 3. The maximum absolute atomic E-state index is 13.1. The maximum atomic E-state index is 13.1. The van der Waals surface area contributed by atoms with Gasteiger partial charge >= 0.3 is 6.18 Å². The minimum Gasteiger partial charge on any atom is -0.364 e. The third-order valence-corrected chi connectivity index (χ3v) is 7.85. The van der Waals surface area contributed by atoms with Crippen LogP contribution in [-0.2, 0) is 10.6 Å². The van der Waals surface area contributed by atoms with Crippen LogP contribution in [0, 0.1) is 0 Å². The molecular weight excluding hydrogens is 662 g/mol. The van der Waals surface area contributed by atoms with Crippen LogP contribution < -0.4 is 5.32 Å². The Kier molecular flexibility index (Phi) is 7.44. The SMILES string of the molecule is O=C(c1cccc(C(F)(F)F)c1)N1CCC(Nc2nc(-c3ccccc3CI)cn3c(Br)cnc23)CC1. The second-order valence-corrected chi connectivity index (χ2v) is 10.4. The number of benzene rings is 2. The number of carbonyl (C=O) groups is 1.